The van der Waals surface area contributed by atoms with Crippen LogP contribution in [0.4, 0.5) is 26.3 Å². The first-order valence-corrected chi connectivity index (χ1v) is 7.84. The van der Waals surface area contributed by atoms with Crippen molar-refractivity contribution in [2.45, 2.75) is 12.4 Å². The average Bonchev–Trinajstić information content (AvgIpc) is 2.85. The van der Waals surface area contributed by atoms with E-state index in [0.717, 1.165) is 0 Å². The zero-order chi connectivity index (χ0) is 19.4. The van der Waals surface area contributed by atoms with Gasteiger partial charge in [-0.25, -0.2) is 4.98 Å². The molecule has 3 rings (SSSR count). The predicted molar refractivity (Wildman–Crippen MR) is 86.6 cm³/mol. The Morgan fingerprint density at radius 2 is 1.38 bits per heavy atom. The van der Waals surface area contributed by atoms with E-state index >= 15 is 0 Å². The molecule has 3 aromatic rings. The number of nitrogens with one attached hydrogen (secondary N) is 1. The number of hydrogen-bond acceptors (Lipinski definition) is 1. The van der Waals surface area contributed by atoms with E-state index < -0.39 is 34.5 Å². The maximum absolute atomic E-state index is 13.2. The number of fused-ring (bicyclic) bond motifs is 1. The van der Waals surface area contributed by atoms with Crippen LogP contribution in [-0.4, -0.2) is 9.97 Å². The Labute approximate surface area is 156 Å². The Morgan fingerprint density at radius 1 is 0.808 bits per heavy atom. The number of hydrogen-bond donors (Lipinski definition) is 1. The quantitative estimate of drug-likeness (QED) is 0.403. The van der Waals surface area contributed by atoms with Gasteiger partial charge in [-0.15, -0.1) is 0 Å². The number of halogens is 9. The largest absolute Gasteiger partial charge is 0.418 e. The van der Waals surface area contributed by atoms with E-state index in [4.69, 9.17) is 34.8 Å². The molecule has 1 N–H and O–H groups in total. The number of benzene rings is 2. The lowest BCUT2D eigenvalue weighted by atomic mass is 10.1. The summed E-state index contributed by atoms with van der Waals surface area (Å²) >= 11 is 17.8. The van der Waals surface area contributed by atoms with Crippen LogP contribution in [-0.2, 0) is 12.4 Å². The molecule has 1 heterocycles. The van der Waals surface area contributed by atoms with Crippen molar-refractivity contribution in [1.82, 2.24) is 9.97 Å². The summed E-state index contributed by atoms with van der Waals surface area (Å²) in [6.07, 6.45) is -10.0. The number of imidazole rings is 1. The fourth-order valence-corrected chi connectivity index (χ4v) is 3.38. The van der Waals surface area contributed by atoms with Gasteiger partial charge in [0.2, 0.25) is 0 Å². The van der Waals surface area contributed by atoms with Crippen molar-refractivity contribution >= 4 is 45.8 Å². The van der Waals surface area contributed by atoms with Gasteiger partial charge in [0, 0.05) is 5.02 Å². The normalized spacial score (nSPS) is 12.8. The van der Waals surface area contributed by atoms with Crippen LogP contribution < -0.4 is 0 Å². The lowest BCUT2D eigenvalue weighted by molar-refractivity contribution is -0.142. The maximum atomic E-state index is 13.2. The highest BCUT2D eigenvalue weighted by atomic mass is 35.5. The topological polar surface area (TPSA) is 28.7 Å². The van der Waals surface area contributed by atoms with Gasteiger partial charge in [0.05, 0.1) is 32.3 Å². The molecule has 0 fully saturated rings. The molecular formula is C15H5Cl3F6N2. The second kappa shape index (κ2) is 6.21. The summed E-state index contributed by atoms with van der Waals surface area (Å²) in [7, 11) is 0. The summed E-state index contributed by atoms with van der Waals surface area (Å²) in [5, 5.41) is 0.132. The number of nitrogens with zero attached hydrogens (tertiary/aromatic N) is 1. The molecule has 0 saturated carbocycles. The van der Waals surface area contributed by atoms with Crippen molar-refractivity contribution in [2.24, 2.45) is 0 Å². The Hall–Kier alpha value is -1.64. The zero-order valence-electron chi connectivity index (χ0n) is 12.2. The van der Waals surface area contributed by atoms with Gasteiger partial charge in [0.1, 0.15) is 11.3 Å². The third-order valence-corrected chi connectivity index (χ3v) is 4.28. The summed E-state index contributed by atoms with van der Waals surface area (Å²) in [5.41, 5.74) is -4.09. The SMILES string of the molecule is FC(F)(F)c1cc(C(F)(F)F)c2nc(-c3c(Cl)cc(Cl)cc3Cl)[nH]c2c1. The smallest absolute Gasteiger partial charge is 0.338 e. The van der Waals surface area contributed by atoms with Crippen molar-refractivity contribution in [2.75, 3.05) is 0 Å². The van der Waals surface area contributed by atoms with Gasteiger partial charge in [-0.2, -0.15) is 26.3 Å². The molecule has 0 bridgehead atoms. The number of H-pyrrole nitrogens is 1. The molecule has 1 aromatic heterocycles. The van der Waals surface area contributed by atoms with Gasteiger partial charge in [0.25, 0.3) is 0 Å². The van der Waals surface area contributed by atoms with Gasteiger partial charge in [-0.1, -0.05) is 34.8 Å². The molecular weight excluding hydrogens is 429 g/mol. The third-order valence-electron chi connectivity index (χ3n) is 3.46. The third kappa shape index (κ3) is 3.45. The molecule has 0 radical (unpaired) electrons. The van der Waals surface area contributed by atoms with Gasteiger partial charge in [0.15, 0.2) is 0 Å². The van der Waals surface area contributed by atoms with Crippen LogP contribution in [0.3, 0.4) is 0 Å². The fourth-order valence-electron chi connectivity index (χ4n) is 2.38. The molecule has 0 atom stereocenters. The Balaban J connectivity index is 2.33. The van der Waals surface area contributed by atoms with Crippen LogP contribution in [0.15, 0.2) is 24.3 Å². The summed E-state index contributed by atoms with van der Waals surface area (Å²) < 4.78 is 78.4. The molecule has 0 unspecified atom stereocenters. The molecule has 0 saturated heterocycles. The van der Waals surface area contributed by atoms with E-state index in [1.165, 1.54) is 12.1 Å². The number of alkyl halides is 6. The van der Waals surface area contributed by atoms with Crippen LogP contribution in [0.2, 0.25) is 15.1 Å². The van der Waals surface area contributed by atoms with E-state index in [9.17, 15) is 26.3 Å². The summed E-state index contributed by atoms with van der Waals surface area (Å²) in [5.74, 6) is -0.212. The molecule has 138 valence electrons. The monoisotopic (exact) mass is 432 g/mol. The Bertz CT molecular complexity index is 984. The first kappa shape index (κ1) is 19.1. The minimum atomic E-state index is -5.04. The highest BCUT2D eigenvalue weighted by Gasteiger charge is 2.39. The van der Waals surface area contributed by atoms with E-state index in [2.05, 4.69) is 9.97 Å². The molecule has 0 aliphatic carbocycles. The zero-order valence-corrected chi connectivity index (χ0v) is 14.4. The molecule has 11 heteroatoms. The molecule has 2 aromatic carbocycles. The van der Waals surface area contributed by atoms with Gasteiger partial charge in [-0.3, -0.25) is 0 Å². The standard InChI is InChI=1S/C15H5Cl3F6N2/c16-6-3-8(17)11(9(18)4-6)13-25-10-2-5(14(19,20)21)1-7(12(10)26-13)15(22,23)24/h1-4H,(H,25,26). The molecule has 26 heavy (non-hydrogen) atoms. The number of aromatic nitrogens is 2. The van der Waals surface area contributed by atoms with Gasteiger partial charge in [-0.05, 0) is 24.3 Å². The van der Waals surface area contributed by atoms with E-state index in [1.807, 2.05) is 0 Å². The van der Waals surface area contributed by atoms with Crippen molar-refractivity contribution in [1.29, 1.82) is 0 Å². The second-order valence-electron chi connectivity index (χ2n) is 5.25. The second-order valence-corrected chi connectivity index (χ2v) is 6.50. The van der Waals surface area contributed by atoms with Crippen molar-refractivity contribution < 1.29 is 26.3 Å². The highest BCUT2D eigenvalue weighted by Crippen LogP contribution is 2.42. The van der Waals surface area contributed by atoms with Crippen molar-refractivity contribution in [3.8, 4) is 11.4 Å². The average molecular weight is 434 g/mol. The van der Waals surface area contributed by atoms with Crippen LogP contribution in [0, 0.1) is 0 Å². The fraction of sp³-hybridized carbons (Fsp3) is 0.133. The molecule has 0 amide bonds. The first-order valence-electron chi connectivity index (χ1n) is 6.71. The van der Waals surface area contributed by atoms with Crippen LogP contribution in [0.1, 0.15) is 11.1 Å². The van der Waals surface area contributed by atoms with E-state index in [0.29, 0.717) is 6.07 Å². The Morgan fingerprint density at radius 3 is 1.88 bits per heavy atom. The number of rotatable bonds is 1. The number of aromatic amines is 1. The molecule has 0 aliphatic rings. The predicted octanol–water partition coefficient (Wildman–Crippen LogP) is 7.23. The summed E-state index contributed by atoms with van der Waals surface area (Å²) in [6, 6.07) is 3.11. The lowest BCUT2D eigenvalue weighted by Gasteiger charge is -2.11. The minimum Gasteiger partial charge on any atom is -0.338 e. The van der Waals surface area contributed by atoms with Gasteiger partial charge < -0.3 is 4.98 Å². The van der Waals surface area contributed by atoms with Crippen LogP contribution in [0.25, 0.3) is 22.4 Å². The van der Waals surface area contributed by atoms with Crippen LogP contribution >= 0.6 is 34.8 Å². The minimum absolute atomic E-state index is 0.0119. The maximum Gasteiger partial charge on any atom is 0.418 e. The highest BCUT2D eigenvalue weighted by molar-refractivity contribution is 6.41. The van der Waals surface area contributed by atoms with Crippen molar-refractivity contribution in [3.05, 3.63) is 50.5 Å². The summed E-state index contributed by atoms with van der Waals surface area (Å²) in [4.78, 5) is 6.18. The first-order chi connectivity index (χ1) is 11.9. The Kier molecular flexibility index (Phi) is 4.57. The van der Waals surface area contributed by atoms with Crippen molar-refractivity contribution in [3.63, 3.8) is 0 Å². The molecule has 0 aliphatic heterocycles. The lowest BCUT2D eigenvalue weighted by Crippen LogP contribution is -2.11. The van der Waals surface area contributed by atoms with Crippen LogP contribution in [0.5, 0.6) is 0 Å². The molecule has 2 nitrogen and oxygen atoms in total. The van der Waals surface area contributed by atoms with E-state index in [1.54, 1.807) is 0 Å². The van der Waals surface area contributed by atoms with Gasteiger partial charge >= 0.3 is 12.4 Å². The summed E-state index contributed by atoms with van der Waals surface area (Å²) in [6.45, 7) is 0. The van der Waals surface area contributed by atoms with E-state index in [-0.39, 0.29) is 32.5 Å². The molecule has 0 spiro atoms.